The third-order valence-electron chi connectivity index (χ3n) is 5.79. The third-order valence-corrected chi connectivity index (χ3v) is 6.20. The maximum Gasteiger partial charge on any atom is 0.417 e. The van der Waals surface area contributed by atoms with Gasteiger partial charge in [0.1, 0.15) is 11.3 Å². The number of nitrogens with one attached hydrogen (secondary N) is 3. The van der Waals surface area contributed by atoms with Crippen molar-refractivity contribution in [3.8, 4) is 0 Å². The molecule has 0 saturated heterocycles. The lowest BCUT2D eigenvalue weighted by atomic mass is 9.96. The highest BCUT2D eigenvalue weighted by Crippen LogP contribution is 2.33. The standard InChI is InChI=1S/C27H24ClF3N4O2/c1-14-19(28)10-7-11-20(14)33-24(37)17-12-15(13-21-22(17)35-25(34-21)26(2,3)4)32-23(36)16-8-5-6-9-18(16)27(29,30)31/h5-13H,1-4H3,(H,32,36)(H,33,37)(H,34,35). The summed E-state index contributed by atoms with van der Waals surface area (Å²) in [6.45, 7) is 7.58. The summed E-state index contributed by atoms with van der Waals surface area (Å²) in [5.41, 5.74) is 0.247. The molecule has 0 aliphatic carbocycles. The SMILES string of the molecule is Cc1c(Cl)cccc1NC(=O)c1cc(NC(=O)c2ccccc2C(F)(F)F)cc2[nH]c(C(C)(C)C)nc12. The van der Waals surface area contributed by atoms with Crippen LogP contribution in [0, 0.1) is 6.92 Å². The van der Waals surface area contributed by atoms with Crippen LogP contribution in [-0.4, -0.2) is 21.8 Å². The van der Waals surface area contributed by atoms with Crippen LogP contribution in [0.5, 0.6) is 0 Å². The molecule has 4 rings (SSSR count). The van der Waals surface area contributed by atoms with Gasteiger partial charge in [0.05, 0.1) is 22.2 Å². The van der Waals surface area contributed by atoms with E-state index in [4.69, 9.17) is 11.6 Å². The van der Waals surface area contributed by atoms with Crippen molar-refractivity contribution in [1.29, 1.82) is 0 Å². The molecule has 0 atom stereocenters. The lowest BCUT2D eigenvalue weighted by Crippen LogP contribution is -2.19. The van der Waals surface area contributed by atoms with Gasteiger partial charge in [-0.25, -0.2) is 4.98 Å². The summed E-state index contributed by atoms with van der Waals surface area (Å²) in [5, 5.41) is 5.79. The van der Waals surface area contributed by atoms with E-state index in [-0.39, 0.29) is 16.7 Å². The number of halogens is 4. The van der Waals surface area contributed by atoms with E-state index in [0.717, 1.165) is 12.1 Å². The van der Waals surface area contributed by atoms with E-state index < -0.39 is 29.1 Å². The van der Waals surface area contributed by atoms with Crippen LogP contribution in [-0.2, 0) is 11.6 Å². The number of H-pyrrole nitrogens is 1. The molecule has 192 valence electrons. The minimum absolute atomic E-state index is 0.128. The number of aromatic nitrogens is 2. The highest BCUT2D eigenvalue weighted by atomic mass is 35.5. The quantitative estimate of drug-likeness (QED) is 0.259. The number of rotatable bonds is 4. The van der Waals surface area contributed by atoms with Crippen LogP contribution in [0.15, 0.2) is 54.6 Å². The number of anilines is 2. The van der Waals surface area contributed by atoms with Crippen LogP contribution >= 0.6 is 11.6 Å². The first kappa shape index (κ1) is 26.2. The van der Waals surface area contributed by atoms with Crippen molar-refractivity contribution in [3.05, 3.63) is 87.7 Å². The summed E-state index contributed by atoms with van der Waals surface area (Å²) in [7, 11) is 0. The van der Waals surface area contributed by atoms with Crippen molar-refractivity contribution in [3.63, 3.8) is 0 Å². The zero-order valence-corrected chi connectivity index (χ0v) is 21.2. The Balaban J connectivity index is 1.78. The molecule has 0 aliphatic heterocycles. The molecule has 3 aromatic carbocycles. The Morgan fingerprint density at radius 3 is 2.27 bits per heavy atom. The number of carbonyl (C=O) groups excluding carboxylic acids is 2. The molecule has 0 unspecified atom stereocenters. The van der Waals surface area contributed by atoms with E-state index in [0.29, 0.717) is 33.1 Å². The molecule has 4 aromatic rings. The van der Waals surface area contributed by atoms with Gasteiger partial charge >= 0.3 is 6.18 Å². The second-order valence-electron chi connectivity index (χ2n) is 9.62. The Morgan fingerprint density at radius 2 is 1.59 bits per heavy atom. The molecule has 3 N–H and O–H groups in total. The number of hydrogen-bond donors (Lipinski definition) is 3. The van der Waals surface area contributed by atoms with Crippen molar-refractivity contribution >= 4 is 45.8 Å². The number of aromatic amines is 1. The van der Waals surface area contributed by atoms with E-state index in [1.165, 1.54) is 24.3 Å². The van der Waals surface area contributed by atoms with Crippen molar-refractivity contribution in [2.24, 2.45) is 0 Å². The average Bonchev–Trinajstić information content (AvgIpc) is 3.26. The molecule has 6 nitrogen and oxygen atoms in total. The first-order valence-electron chi connectivity index (χ1n) is 11.3. The maximum absolute atomic E-state index is 13.5. The van der Waals surface area contributed by atoms with Crippen LogP contribution in [0.4, 0.5) is 24.5 Å². The van der Waals surface area contributed by atoms with Crippen molar-refractivity contribution < 1.29 is 22.8 Å². The molecule has 37 heavy (non-hydrogen) atoms. The predicted octanol–water partition coefficient (Wildman–Crippen LogP) is 7.35. The second kappa shape index (κ2) is 9.55. The molecule has 0 saturated carbocycles. The van der Waals surface area contributed by atoms with Gasteiger partial charge in [0, 0.05) is 21.8 Å². The Hall–Kier alpha value is -3.85. The number of benzene rings is 3. The minimum atomic E-state index is -4.71. The Morgan fingerprint density at radius 1 is 0.919 bits per heavy atom. The van der Waals surface area contributed by atoms with E-state index in [1.807, 2.05) is 20.8 Å². The highest BCUT2D eigenvalue weighted by molar-refractivity contribution is 6.31. The molecular formula is C27H24ClF3N4O2. The van der Waals surface area contributed by atoms with Gasteiger partial charge in [-0.1, -0.05) is 50.6 Å². The predicted molar refractivity (Wildman–Crippen MR) is 138 cm³/mol. The van der Waals surface area contributed by atoms with Gasteiger partial charge in [0.25, 0.3) is 11.8 Å². The largest absolute Gasteiger partial charge is 0.417 e. The van der Waals surface area contributed by atoms with Crippen molar-refractivity contribution in [1.82, 2.24) is 9.97 Å². The van der Waals surface area contributed by atoms with Crippen LogP contribution in [0.2, 0.25) is 5.02 Å². The van der Waals surface area contributed by atoms with Gasteiger partial charge < -0.3 is 15.6 Å². The van der Waals surface area contributed by atoms with Crippen LogP contribution in [0.25, 0.3) is 11.0 Å². The molecule has 1 aromatic heterocycles. The molecule has 0 radical (unpaired) electrons. The van der Waals surface area contributed by atoms with Gasteiger partial charge in [-0.15, -0.1) is 0 Å². The van der Waals surface area contributed by atoms with E-state index in [1.54, 1.807) is 25.1 Å². The third kappa shape index (κ3) is 5.46. The van der Waals surface area contributed by atoms with E-state index in [2.05, 4.69) is 20.6 Å². The zero-order chi connectivity index (χ0) is 27.1. The van der Waals surface area contributed by atoms with Crippen molar-refractivity contribution in [2.75, 3.05) is 10.6 Å². The van der Waals surface area contributed by atoms with Crippen LogP contribution < -0.4 is 10.6 Å². The summed E-state index contributed by atoms with van der Waals surface area (Å²) in [6.07, 6.45) is -4.71. The Kier molecular flexibility index (Phi) is 6.77. The Bertz CT molecular complexity index is 1520. The molecule has 0 spiro atoms. The fraction of sp³-hybridized carbons (Fsp3) is 0.222. The number of alkyl halides is 3. The van der Waals surface area contributed by atoms with E-state index in [9.17, 15) is 22.8 Å². The molecule has 0 aliphatic rings. The normalized spacial score (nSPS) is 12.0. The monoisotopic (exact) mass is 528 g/mol. The molecule has 0 bridgehead atoms. The van der Waals surface area contributed by atoms with Gasteiger partial charge in [-0.2, -0.15) is 13.2 Å². The number of amides is 2. The lowest BCUT2D eigenvalue weighted by Gasteiger charge is -2.14. The number of nitrogens with zero attached hydrogens (tertiary/aromatic N) is 1. The first-order chi connectivity index (χ1) is 17.3. The number of imidazole rings is 1. The summed E-state index contributed by atoms with van der Waals surface area (Å²) < 4.78 is 40.4. The van der Waals surface area contributed by atoms with Gasteiger partial charge in [-0.05, 0) is 48.9 Å². The summed E-state index contributed by atoms with van der Waals surface area (Å²) in [5.74, 6) is -0.879. The number of hydrogen-bond acceptors (Lipinski definition) is 3. The molecule has 2 amide bonds. The fourth-order valence-electron chi connectivity index (χ4n) is 3.78. The zero-order valence-electron chi connectivity index (χ0n) is 20.5. The van der Waals surface area contributed by atoms with E-state index >= 15 is 0 Å². The minimum Gasteiger partial charge on any atom is -0.341 e. The maximum atomic E-state index is 13.5. The van der Waals surface area contributed by atoms with Crippen LogP contribution in [0.1, 0.15) is 58.4 Å². The lowest BCUT2D eigenvalue weighted by molar-refractivity contribution is -0.137. The smallest absolute Gasteiger partial charge is 0.341 e. The van der Waals surface area contributed by atoms with Gasteiger partial charge in [0.2, 0.25) is 0 Å². The second-order valence-corrected chi connectivity index (χ2v) is 10.0. The molecule has 10 heteroatoms. The summed E-state index contributed by atoms with van der Waals surface area (Å²) in [6, 6.07) is 12.5. The summed E-state index contributed by atoms with van der Waals surface area (Å²) >= 11 is 6.18. The summed E-state index contributed by atoms with van der Waals surface area (Å²) in [4.78, 5) is 34.0. The van der Waals surface area contributed by atoms with Gasteiger partial charge in [-0.3, -0.25) is 9.59 Å². The number of fused-ring (bicyclic) bond motifs is 1. The molecule has 0 fully saturated rings. The molecular weight excluding hydrogens is 505 g/mol. The molecule has 1 heterocycles. The topological polar surface area (TPSA) is 86.9 Å². The fourth-order valence-corrected chi connectivity index (χ4v) is 3.95. The van der Waals surface area contributed by atoms with Gasteiger partial charge in [0.15, 0.2) is 0 Å². The van der Waals surface area contributed by atoms with Crippen LogP contribution in [0.3, 0.4) is 0 Å². The average molecular weight is 529 g/mol. The first-order valence-corrected chi connectivity index (χ1v) is 11.7. The van der Waals surface area contributed by atoms with Crippen molar-refractivity contribution in [2.45, 2.75) is 39.3 Å². The number of carbonyl (C=O) groups is 2. The Labute approximate surface area is 216 Å². The highest BCUT2D eigenvalue weighted by Gasteiger charge is 2.35.